The maximum Gasteiger partial charge on any atom is 0.223 e. The standard InChI is InChI=1S/C15H29N3O/c1-12-11-17(3)13(2)10-14(12)16-7-6-15(19)18-8-4-5-9-18/h12-14,16H,4-11H2,1-3H3. The van der Waals surface area contributed by atoms with E-state index < -0.39 is 0 Å². The lowest BCUT2D eigenvalue weighted by Crippen LogP contribution is -2.51. The van der Waals surface area contributed by atoms with Crippen molar-refractivity contribution in [2.24, 2.45) is 5.92 Å². The molecule has 2 aliphatic rings. The van der Waals surface area contributed by atoms with Crippen LogP contribution in [-0.2, 0) is 4.79 Å². The Hall–Kier alpha value is -0.610. The summed E-state index contributed by atoms with van der Waals surface area (Å²) in [6.07, 6.45) is 4.22. The number of rotatable bonds is 4. The number of piperidine rings is 1. The van der Waals surface area contributed by atoms with Crippen LogP contribution in [0.25, 0.3) is 0 Å². The summed E-state index contributed by atoms with van der Waals surface area (Å²) in [5, 5.41) is 3.60. The van der Waals surface area contributed by atoms with Gasteiger partial charge < -0.3 is 15.1 Å². The number of amides is 1. The number of nitrogens with one attached hydrogen (secondary N) is 1. The second-order valence-electron chi connectivity index (χ2n) is 6.40. The van der Waals surface area contributed by atoms with Crippen LogP contribution in [0, 0.1) is 5.92 Å². The van der Waals surface area contributed by atoms with Crippen LogP contribution < -0.4 is 5.32 Å². The first-order valence-electron chi connectivity index (χ1n) is 7.79. The zero-order valence-corrected chi connectivity index (χ0v) is 12.7. The first-order valence-corrected chi connectivity index (χ1v) is 7.79. The van der Waals surface area contributed by atoms with Crippen molar-refractivity contribution in [1.29, 1.82) is 0 Å². The van der Waals surface area contributed by atoms with E-state index in [0.717, 1.165) is 26.2 Å². The van der Waals surface area contributed by atoms with Gasteiger partial charge in [-0.15, -0.1) is 0 Å². The van der Waals surface area contributed by atoms with Crippen LogP contribution >= 0.6 is 0 Å². The molecule has 2 fully saturated rings. The number of nitrogens with zero attached hydrogens (tertiary/aromatic N) is 2. The molecule has 2 rings (SSSR count). The summed E-state index contributed by atoms with van der Waals surface area (Å²) in [6.45, 7) is 8.53. The molecule has 2 saturated heterocycles. The smallest absolute Gasteiger partial charge is 0.223 e. The van der Waals surface area contributed by atoms with Crippen LogP contribution in [0.4, 0.5) is 0 Å². The zero-order valence-electron chi connectivity index (χ0n) is 12.7. The van der Waals surface area contributed by atoms with Gasteiger partial charge in [0.1, 0.15) is 0 Å². The van der Waals surface area contributed by atoms with E-state index in [1.54, 1.807) is 0 Å². The molecule has 1 amide bonds. The molecule has 4 nitrogen and oxygen atoms in total. The lowest BCUT2D eigenvalue weighted by Gasteiger charge is -2.40. The van der Waals surface area contributed by atoms with Gasteiger partial charge in [0.25, 0.3) is 0 Å². The Morgan fingerprint density at radius 2 is 1.95 bits per heavy atom. The van der Waals surface area contributed by atoms with Crippen molar-refractivity contribution in [1.82, 2.24) is 15.1 Å². The summed E-state index contributed by atoms with van der Waals surface area (Å²) in [4.78, 5) is 16.4. The van der Waals surface area contributed by atoms with Crippen molar-refractivity contribution in [2.45, 2.75) is 51.6 Å². The van der Waals surface area contributed by atoms with Crippen molar-refractivity contribution in [2.75, 3.05) is 33.2 Å². The summed E-state index contributed by atoms with van der Waals surface area (Å²) in [5.41, 5.74) is 0. The van der Waals surface area contributed by atoms with Crippen LogP contribution in [0.1, 0.15) is 39.5 Å². The van der Waals surface area contributed by atoms with Gasteiger partial charge in [0, 0.05) is 44.7 Å². The number of likely N-dealkylation sites (tertiary alicyclic amines) is 2. The molecule has 110 valence electrons. The van der Waals surface area contributed by atoms with E-state index in [1.807, 2.05) is 4.90 Å². The van der Waals surface area contributed by atoms with Gasteiger partial charge >= 0.3 is 0 Å². The molecular formula is C15H29N3O. The van der Waals surface area contributed by atoms with Crippen molar-refractivity contribution < 1.29 is 4.79 Å². The first-order chi connectivity index (χ1) is 9.08. The van der Waals surface area contributed by atoms with E-state index in [4.69, 9.17) is 0 Å². The van der Waals surface area contributed by atoms with Gasteiger partial charge in [-0.1, -0.05) is 6.92 Å². The summed E-state index contributed by atoms with van der Waals surface area (Å²) >= 11 is 0. The molecule has 0 aromatic carbocycles. The fraction of sp³-hybridized carbons (Fsp3) is 0.933. The van der Waals surface area contributed by atoms with Gasteiger partial charge in [-0.05, 0) is 39.2 Å². The molecule has 1 N–H and O–H groups in total. The number of hydrogen-bond acceptors (Lipinski definition) is 3. The average molecular weight is 267 g/mol. The fourth-order valence-electron chi connectivity index (χ4n) is 3.31. The summed E-state index contributed by atoms with van der Waals surface area (Å²) in [5.74, 6) is 1.00. The van der Waals surface area contributed by atoms with Crippen molar-refractivity contribution in [3.05, 3.63) is 0 Å². The second kappa shape index (κ2) is 6.71. The normalized spacial score (nSPS) is 32.8. The average Bonchev–Trinajstić information content (AvgIpc) is 2.89. The third kappa shape index (κ3) is 3.93. The van der Waals surface area contributed by atoms with Crippen LogP contribution in [0.3, 0.4) is 0 Å². The van der Waals surface area contributed by atoms with E-state index in [-0.39, 0.29) is 0 Å². The fourth-order valence-corrected chi connectivity index (χ4v) is 3.31. The van der Waals surface area contributed by atoms with E-state index in [2.05, 4.69) is 31.1 Å². The van der Waals surface area contributed by atoms with Crippen molar-refractivity contribution in [3.8, 4) is 0 Å². The molecule has 0 aromatic heterocycles. The highest BCUT2D eigenvalue weighted by Gasteiger charge is 2.28. The molecule has 0 spiro atoms. The molecule has 2 aliphatic heterocycles. The van der Waals surface area contributed by atoms with Gasteiger partial charge in [0.2, 0.25) is 5.91 Å². The Balaban J connectivity index is 1.68. The molecule has 19 heavy (non-hydrogen) atoms. The lowest BCUT2D eigenvalue weighted by molar-refractivity contribution is -0.130. The Labute approximate surface area is 117 Å². The van der Waals surface area contributed by atoms with Crippen molar-refractivity contribution >= 4 is 5.91 Å². The van der Waals surface area contributed by atoms with E-state index in [0.29, 0.717) is 30.3 Å². The third-order valence-electron chi connectivity index (χ3n) is 4.81. The van der Waals surface area contributed by atoms with Gasteiger partial charge in [-0.25, -0.2) is 0 Å². The van der Waals surface area contributed by atoms with Gasteiger partial charge in [-0.2, -0.15) is 0 Å². The summed E-state index contributed by atoms with van der Waals surface area (Å²) < 4.78 is 0. The number of carbonyl (C=O) groups excluding carboxylic acids is 1. The second-order valence-corrected chi connectivity index (χ2v) is 6.40. The molecule has 3 unspecified atom stereocenters. The molecule has 0 saturated carbocycles. The monoisotopic (exact) mass is 267 g/mol. The molecule has 0 radical (unpaired) electrons. The number of carbonyl (C=O) groups is 1. The Bertz CT molecular complexity index is 302. The first kappa shape index (κ1) is 14.8. The summed E-state index contributed by atoms with van der Waals surface area (Å²) in [6, 6.07) is 1.21. The third-order valence-corrected chi connectivity index (χ3v) is 4.81. The predicted molar refractivity (Wildman–Crippen MR) is 78.1 cm³/mol. The van der Waals surface area contributed by atoms with Crippen LogP contribution in [0.15, 0.2) is 0 Å². The highest BCUT2D eigenvalue weighted by Crippen LogP contribution is 2.20. The van der Waals surface area contributed by atoms with Gasteiger partial charge in [-0.3, -0.25) is 4.79 Å². The number of hydrogen-bond donors (Lipinski definition) is 1. The predicted octanol–water partition coefficient (Wildman–Crippen LogP) is 1.32. The molecule has 0 bridgehead atoms. The Morgan fingerprint density at radius 3 is 2.63 bits per heavy atom. The lowest BCUT2D eigenvalue weighted by atomic mass is 9.90. The van der Waals surface area contributed by atoms with E-state index >= 15 is 0 Å². The van der Waals surface area contributed by atoms with Crippen LogP contribution in [0.2, 0.25) is 0 Å². The van der Waals surface area contributed by atoms with Crippen LogP contribution in [0.5, 0.6) is 0 Å². The minimum Gasteiger partial charge on any atom is -0.343 e. The Kier molecular flexibility index (Phi) is 5.22. The molecule has 4 heteroatoms. The largest absolute Gasteiger partial charge is 0.343 e. The van der Waals surface area contributed by atoms with Crippen LogP contribution in [-0.4, -0.2) is 61.0 Å². The highest BCUT2D eigenvalue weighted by atomic mass is 16.2. The summed E-state index contributed by atoms with van der Waals surface area (Å²) in [7, 11) is 2.20. The van der Waals surface area contributed by atoms with E-state index in [9.17, 15) is 4.79 Å². The van der Waals surface area contributed by atoms with Crippen molar-refractivity contribution in [3.63, 3.8) is 0 Å². The Morgan fingerprint density at radius 1 is 1.26 bits per heavy atom. The minimum atomic E-state index is 0.332. The SMILES string of the molecule is CC1CN(C)C(C)CC1NCCC(=O)N1CCCC1. The zero-order chi connectivity index (χ0) is 13.8. The quantitative estimate of drug-likeness (QED) is 0.834. The van der Waals surface area contributed by atoms with Gasteiger partial charge in [0.05, 0.1) is 0 Å². The molecule has 0 aromatic rings. The molecule has 2 heterocycles. The maximum atomic E-state index is 12.0. The molecule has 3 atom stereocenters. The molecule has 0 aliphatic carbocycles. The minimum absolute atomic E-state index is 0.332. The van der Waals surface area contributed by atoms with Gasteiger partial charge in [0.15, 0.2) is 0 Å². The molecular weight excluding hydrogens is 238 g/mol. The van der Waals surface area contributed by atoms with E-state index in [1.165, 1.54) is 19.3 Å². The topological polar surface area (TPSA) is 35.6 Å². The highest BCUT2D eigenvalue weighted by molar-refractivity contribution is 5.76. The maximum absolute atomic E-state index is 12.0.